The van der Waals surface area contributed by atoms with Crippen LogP contribution in [0.5, 0.6) is 0 Å². The number of nitrogens with one attached hydrogen (secondary N) is 1. The highest BCUT2D eigenvalue weighted by Gasteiger charge is 2.23. The van der Waals surface area contributed by atoms with Crippen molar-refractivity contribution in [2.24, 2.45) is 5.73 Å². The standard InChI is InChI=1S/C22H17ClN4O2S/c1-13-18(14-6-3-2-4-7-14)19(20(24)28)22(30-13)26-21(29)15-11-25-27(12-15)17-9-5-8-16(23)10-17/h2-12H,1H3,(H2,24,28)(H,26,29). The predicted molar refractivity (Wildman–Crippen MR) is 120 cm³/mol. The molecule has 2 heterocycles. The minimum absolute atomic E-state index is 0.305. The molecule has 2 aromatic heterocycles. The van der Waals surface area contributed by atoms with Crippen molar-refractivity contribution in [2.45, 2.75) is 6.92 Å². The average molecular weight is 437 g/mol. The van der Waals surface area contributed by atoms with Gasteiger partial charge in [0.05, 0.1) is 23.0 Å². The number of aromatic nitrogens is 2. The molecular weight excluding hydrogens is 420 g/mol. The van der Waals surface area contributed by atoms with E-state index in [0.29, 0.717) is 21.2 Å². The van der Waals surface area contributed by atoms with Crippen LogP contribution in [0.25, 0.3) is 16.8 Å². The smallest absolute Gasteiger partial charge is 0.259 e. The van der Waals surface area contributed by atoms with Crippen LogP contribution in [0.4, 0.5) is 5.00 Å². The number of thiophene rings is 1. The van der Waals surface area contributed by atoms with Crippen LogP contribution in [0.15, 0.2) is 67.0 Å². The van der Waals surface area contributed by atoms with Crippen molar-refractivity contribution < 1.29 is 9.59 Å². The first kappa shape index (κ1) is 19.9. The van der Waals surface area contributed by atoms with E-state index in [1.54, 1.807) is 29.1 Å². The van der Waals surface area contributed by atoms with Gasteiger partial charge in [-0.2, -0.15) is 5.10 Å². The molecule has 2 amide bonds. The Morgan fingerprint density at radius 1 is 1.13 bits per heavy atom. The van der Waals surface area contributed by atoms with Crippen LogP contribution in [0.2, 0.25) is 5.02 Å². The van der Waals surface area contributed by atoms with Crippen LogP contribution in [-0.2, 0) is 0 Å². The normalized spacial score (nSPS) is 10.7. The fraction of sp³-hybridized carbons (Fsp3) is 0.0455. The largest absolute Gasteiger partial charge is 0.365 e. The maximum absolute atomic E-state index is 12.8. The molecule has 0 spiro atoms. The molecule has 0 atom stereocenters. The van der Waals surface area contributed by atoms with Crippen molar-refractivity contribution in [3.05, 3.63) is 88.0 Å². The Hall–Kier alpha value is -3.42. The number of nitrogens with zero attached hydrogens (tertiary/aromatic N) is 2. The predicted octanol–water partition coefficient (Wildman–Crippen LogP) is 4.91. The van der Waals surface area contributed by atoms with Gasteiger partial charge in [0.25, 0.3) is 11.8 Å². The molecule has 0 saturated heterocycles. The number of benzene rings is 2. The van der Waals surface area contributed by atoms with Gasteiger partial charge >= 0.3 is 0 Å². The van der Waals surface area contributed by atoms with Gasteiger partial charge in [-0.15, -0.1) is 11.3 Å². The topological polar surface area (TPSA) is 90.0 Å². The second-order valence-electron chi connectivity index (χ2n) is 6.58. The second-order valence-corrected chi connectivity index (χ2v) is 8.24. The monoisotopic (exact) mass is 436 g/mol. The van der Waals surface area contributed by atoms with Gasteiger partial charge in [-0.25, -0.2) is 4.68 Å². The summed E-state index contributed by atoms with van der Waals surface area (Å²) in [6.07, 6.45) is 3.06. The Kier molecular flexibility index (Phi) is 5.39. The Bertz CT molecular complexity index is 1250. The first-order chi connectivity index (χ1) is 14.4. The number of nitrogens with two attached hydrogens (primary N) is 1. The molecule has 0 aliphatic rings. The van der Waals surface area contributed by atoms with Crippen LogP contribution in [0.1, 0.15) is 25.6 Å². The van der Waals surface area contributed by atoms with E-state index in [1.165, 1.54) is 17.5 Å². The van der Waals surface area contributed by atoms with Crippen molar-refractivity contribution in [1.29, 1.82) is 0 Å². The number of aryl methyl sites for hydroxylation is 1. The molecular formula is C22H17ClN4O2S. The van der Waals surface area contributed by atoms with Crippen molar-refractivity contribution >= 4 is 39.8 Å². The molecule has 0 aliphatic heterocycles. The SMILES string of the molecule is Cc1sc(NC(=O)c2cnn(-c3cccc(Cl)c3)c2)c(C(N)=O)c1-c1ccccc1. The molecule has 0 radical (unpaired) electrons. The van der Waals surface area contributed by atoms with Crippen LogP contribution >= 0.6 is 22.9 Å². The molecule has 0 saturated carbocycles. The van der Waals surface area contributed by atoms with E-state index in [-0.39, 0.29) is 5.91 Å². The first-order valence-corrected chi connectivity index (χ1v) is 10.2. The van der Waals surface area contributed by atoms with Crippen molar-refractivity contribution in [3.8, 4) is 16.8 Å². The van der Waals surface area contributed by atoms with Crippen LogP contribution < -0.4 is 11.1 Å². The van der Waals surface area contributed by atoms with Gasteiger partial charge < -0.3 is 11.1 Å². The van der Waals surface area contributed by atoms with E-state index in [2.05, 4.69) is 10.4 Å². The second kappa shape index (κ2) is 8.14. The maximum Gasteiger partial charge on any atom is 0.259 e. The van der Waals surface area contributed by atoms with Crippen molar-refractivity contribution in [3.63, 3.8) is 0 Å². The fourth-order valence-electron chi connectivity index (χ4n) is 3.20. The summed E-state index contributed by atoms with van der Waals surface area (Å²) >= 11 is 7.34. The molecule has 4 aromatic rings. The van der Waals surface area contributed by atoms with Gasteiger partial charge in [0.15, 0.2) is 0 Å². The molecule has 2 aromatic carbocycles. The molecule has 0 fully saturated rings. The molecule has 0 unspecified atom stereocenters. The zero-order chi connectivity index (χ0) is 21.3. The molecule has 8 heteroatoms. The number of hydrogen-bond acceptors (Lipinski definition) is 4. The highest BCUT2D eigenvalue weighted by atomic mass is 35.5. The van der Waals surface area contributed by atoms with Gasteiger partial charge in [-0.05, 0) is 30.7 Å². The van der Waals surface area contributed by atoms with Gasteiger partial charge in [0, 0.05) is 21.7 Å². The molecule has 6 nitrogen and oxygen atoms in total. The summed E-state index contributed by atoms with van der Waals surface area (Å²) in [5.41, 5.74) is 8.65. The lowest BCUT2D eigenvalue weighted by Gasteiger charge is -2.06. The lowest BCUT2D eigenvalue weighted by Crippen LogP contribution is -2.17. The number of hydrogen-bond donors (Lipinski definition) is 2. The first-order valence-electron chi connectivity index (χ1n) is 9.04. The summed E-state index contributed by atoms with van der Waals surface area (Å²) in [4.78, 5) is 25.9. The summed E-state index contributed by atoms with van der Waals surface area (Å²) in [5.74, 6) is -0.977. The molecule has 3 N–H and O–H groups in total. The summed E-state index contributed by atoms with van der Waals surface area (Å²) in [6, 6.07) is 16.6. The lowest BCUT2D eigenvalue weighted by molar-refractivity contribution is 0.100. The summed E-state index contributed by atoms with van der Waals surface area (Å²) in [6.45, 7) is 1.90. The number of amides is 2. The average Bonchev–Trinajstić information content (AvgIpc) is 3.33. The summed E-state index contributed by atoms with van der Waals surface area (Å²) in [7, 11) is 0. The van der Waals surface area contributed by atoms with E-state index in [9.17, 15) is 9.59 Å². The summed E-state index contributed by atoms with van der Waals surface area (Å²) < 4.78 is 1.56. The number of carbonyl (C=O) groups is 2. The number of rotatable bonds is 5. The number of anilines is 1. The minimum Gasteiger partial charge on any atom is -0.365 e. The lowest BCUT2D eigenvalue weighted by atomic mass is 10.0. The van der Waals surface area contributed by atoms with E-state index in [0.717, 1.165) is 21.7 Å². The number of primary amides is 1. The van der Waals surface area contributed by atoms with E-state index in [4.69, 9.17) is 17.3 Å². The van der Waals surface area contributed by atoms with Gasteiger partial charge in [-0.3, -0.25) is 9.59 Å². The molecule has 0 aliphatic carbocycles. The Morgan fingerprint density at radius 3 is 2.60 bits per heavy atom. The summed E-state index contributed by atoms with van der Waals surface area (Å²) in [5, 5.41) is 8.03. The van der Waals surface area contributed by atoms with Crippen LogP contribution in [0.3, 0.4) is 0 Å². The van der Waals surface area contributed by atoms with Crippen LogP contribution in [0, 0.1) is 6.92 Å². The van der Waals surface area contributed by atoms with Crippen molar-refractivity contribution in [1.82, 2.24) is 9.78 Å². The molecule has 0 bridgehead atoms. The third-order valence-electron chi connectivity index (χ3n) is 4.54. The maximum atomic E-state index is 12.8. The number of halogens is 1. The Morgan fingerprint density at radius 2 is 1.90 bits per heavy atom. The van der Waals surface area contributed by atoms with Crippen molar-refractivity contribution in [2.75, 3.05) is 5.32 Å². The van der Waals surface area contributed by atoms with Gasteiger partial charge in [0.1, 0.15) is 5.00 Å². The zero-order valence-electron chi connectivity index (χ0n) is 15.9. The highest BCUT2D eigenvalue weighted by Crippen LogP contribution is 2.39. The fourth-order valence-corrected chi connectivity index (χ4v) is 4.46. The van der Waals surface area contributed by atoms with E-state index >= 15 is 0 Å². The Labute approximate surface area is 181 Å². The quantitative estimate of drug-likeness (QED) is 0.465. The number of carbonyl (C=O) groups excluding carboxylic acids is 2. The zero-order valence-corrected chi connectivity index (χ0v) is 17.5. The molecule has 30 heavy (non-hydrogen) atoms. The van der Waals surface area contributed by atoms with Gasteiger partial charge in [0.2, 0.25) is 0 Å². The highest BCUT2D eigenvalue weighted by molar-refractivity contribution is 7.17. The van der Waals surface area contributed by atoms with E-state index in [1.807, 2.05) is 43.3 Å². The van der Waals surface area contributed by atoms with E-state index < -0.39 is 5.91 Å². The minimum atomic E-state index is -0.594. The third kappa shape index (κ3) is 3.85. The molecule has 150 valence electrons. The Balaban J connectivity index is 1.65. The third-order valence-corrected chi connectivity index (χ3v) is 5.79. The van der Waals surface area contributed by atoms with Gasteiger partial charge in [-0.1, -0.05) is 48.0 Å². The van der Waals surface area contributed by atoms with Crippen LogP contribution in [-0.4, -0.2) is 21.6 Å². The molecule has 4 rings (SSSR count).